The highest BCUT2D eigenvalue weighted by atomic mass is 19.1. The number of aliphatic imine (C=N–C) groups is 1. The summed E-state index contributed by atoms with van der Waals surface area (Å²) < 4.78 is 12.2. The molecule has 1 aliphatic heterocycles. The molecule has 140 valence electrons. The molecule has 2 aromatic carbocycles. The van der Waals surface area contributed by atoms with Gasteiger partial charge >= 0.3 is 0 Å². The number of rotatable bonds is 2. The predicted molar refractivity (Wildman–Crippen MR) is 116 cm³/mol. The summed E-state index contributed by atoms with van der Waals surface area (Å²) >= 11 is 0. The number of aryl methyl sites for hydroxylation is 2. The second kappa shape index (κ2) is 8.57. The van der Waals surface area contributed by atoms with E-state index in [-0.39, 0.29) is 5.82 Å². The third-order valence-electron chi connectivity index (χ3n) is 4.66. The van der Waals surface area contributed by atoms with E-state index in [1.807, 2.05) is 25.3 Å². The molecule has 0 bridgehead atoms. The van der Waals surface area contributed by atoms with Crippen LogP contribution in [0.1, 0.15) is 34.4 Å². The van der Waals surface area contributed by atoms with Crippen LogP contribution >= 0.6 is 0 Å². The van der Waals surface area contributed by atoms with E-state index in [1.165, 1.54) is 23.3 Å². The number of fused-ring (bicyclic) bond motifs is 1. The molecule has 0 saturated heterocycles. The Labute approximate surface area is 165 Å². The maximum absolute atomic E-state index is 12.2. The van der Waals surface area contributed by atoms with Crippen LogP contribution in [-0.2, 0) is 0 Å². The normalized spacial score (nSPS) is 12.4. The minimum atomic E-state index is -0.208. The second-order valence-corrected chi connectivity index (χ2v) is 6.70. The molecule has 0 spiro atoms. The molecule has 0 fully saturated rings. The minimum absolute atomic E-state index is 0.208. The Morgan fingerprint density at radius 3 is 2.43 bits per heavy atom. The SMILES string of the molecule is C=C1CC(c2cccnc2C)=Nc2cccc(C)c21.C=Cc1ccc(F)cc1. The summed E-state index contributed by atoms with van der Waals surface area (Å²) in [7, 11) is 0. The summed E-state index contributed by atoms with van der Waals surface area (Å²) in [5.41, 5.74) is 8.75. The van der Waals surface area contributed by atoms with E-state index in [4.69, 9.17) is 4.99 Å². The maximum Gasteiger partial charge on any atom is 0.123 e. The van der Waals surface area contributed by atoms with Gasteiger partial charge in [0.25, 0.3) is 0 Å². The molecule has 0 radical (unpaired) electrons. The third kappa shape index (κ3) is 4.32. The molecule has 0 unspecified atom stereocenters. The summed E-state index contributed by atoms with van der Waals surface area (Å²) in [6.07, 6.45) is 4.29. The van der Waals surface area contributed by atoms with Crippen molar-refractivity contribution in [3.63, 3.8) is 0 Å². The predicted octanol–water partition coefficient (Wildman–Crippen LogP) is 6.70. The van der Waals surface area contributed by atoms with Gasteiger partial charge in [-0.1, -0.05) is 43.5 Å². The van der Waals surface area contributed by atoms with Crippen LogP contribution in [0, 0.1) is 19.7 Å². The molecule has 0 saturated carbocycles. The number of hydrogen-bond acceptors (Lipinski definition) is 2. The molecule has 3 heteroatoms. The van der Waals surface area contributed by atoms with E-state index < -0.39 is 0 Å². The van der Waals surface area contributed by atoms with Gasteiger partial charge in [-0.3, -0.25) is 9.98 Å². The Bertz CT molecular complexity index is 1050. The molecule has 1 aliphatic rings. The third-order valence-corrected chi connectivity index (χ3v) is 4.66. The van der Waals surface area contributed by atoms with Gasteiger partial charge in [-0.2, -0.15) is 0 Å². The van der Waals surface area contributed by atoms with Crippen molar-refractivity contribution >= 4 is 23.0 Å². The van der Waals surface area contributed by atoms with E-state index in [9.17, 15) is 4.39 Å². The molecule has 0 atom stereocenters. The number of aromatic nitrogens is 1. The van der Waals surface area contributed by atoms with E-state index in [0.717, 1.165) is 40.2 Å². The van der Waals surface area contributed by atoms with Gasteiger partial charge in [0.1, 0.15) is 5.82 Å². The lowest BCUT2D eigenvalue weighted by atomic mass is 9.90. The van der Waals surface area contributed by atoms with Gasteiger partial charge in [-0.25, -0.2) is 4.39 Å². The zero-order chi connectivity index (χ0) is 20.1. The van der Waals surface area contributed by atoms with E-state index in [0.29, 0.717) is 0 Å². The van der Waals surface area contributed by atoms with Crippen molar-refractivity contribution in [2.24, 2.45) is 4.99 Å². The van der Waals surface area contributed by atoms with Crippen molar-refractivity contribution in [1.82, 2.24) is 4.98 Å². The first-order valence-corrected chi connectivity index (χ1v) is 9.15. The number of hydrogen-bond donors (Lipinski definition) is 0. The first kappa shape index (κ1) is 19.4. The van der Waals surface area contributed by atoms with Gasteiger partial charge in [0, 0.05) is 29.4 Å². The molecule has 2 heterocycles. The molecule has 28 heavy (non-hydrogen) atoms. The van der Waals surface area contributed by atoms with E-state index in [1.54, 1.807) is 18.2 Å². The highest BCUT2D eigenvalue weighted by Gasteiger charge is 2.19. The molecular weight excluding hydrogens is 347 g/mol. The number of nitrogens with zero attached hydrogens (tertiary/aromatic N) is 2. The maximum atomic E-state index is 12.2. The van der Waals surface area contributed by atoms with Crippen LogP contribution in [0.15, 0.2) is 78.9 Å². The van der Waals surface area contributed by atoms with Gasteiger partial charge in [0.15, 0.2) is 0 Å². The van der Waals surface area contributed by atoms with Crippen LogP contribution in [0.2, 0.25) is 0 Å². The molecule has 0 amide bonds. The Kier molecular flexibility index (Phi) is 5.95. The molecule has 0 N–H and O–H groups in total. The van der Waals surface area contributed by atoms with E-state index >= 15 is 0 Å². The second-order valence-electron chi connectivity index (χ2n) is 6.70. The quantitative estimate of drug-likeness (QED) is 0.492. The summed E-state index contributed by atoms with van der Waals surface area (Å²) in [6.45, 7) is 11.9. The zero-order valence-corrected chi connectivity index (χ0v) is 16.2. The Morgan fingerprint density at radius 2 is 1.75 bits per heavy atom. The Hall–Kier alpha value is -3.33. The number of halogens is 1. The monoisotopic (exact) mass is 370 g/mol. The van der Waals surface area contributed by atoms with Crippen molar-refractivity contribution in [2.45, 2.75) is 20.3 Å². The van der Waals surface area contributed by atoms with Crippen molar-refractivity contribution in [3.05, 3.63) is 108 Å². The summed E-state index contributed by atoms with van der Waals surface area (Å²) in [5, 5.41) is 0. The van der Waals surface area contributed by atoms with Gasteiger partial charge in [-0.15, -0.1) is 0 Å². The van der Waals surface area contributed by atoms with Crippen molar-refractivity contribution in [1.29, 1.82) is 0 Å². The molecule has 3 aromatic rings. The fourth-order valence-electron chi connectivity index (χ4n) is 3.22. The van der Waals surface area contributed by atoms with Crippen molar-refractivity contribution in [2.75, 3.05) is 0 Å². The largest absolute Gasteiger partial charge is 0.261 e. The summed E-state index contributed by atoms with van der Waals surface area (Å²) in [5.74, 6) is -0.208. The highest BCUT2D eigenvalue weighted by Crippen LogP contribution is 2.36. The molecule has 1 aromatic heterocycles. The number of pyridine rings is 1. The van der Waals surface area contributed by atoms with Gasteiger partial charge in [-0.05, 0) is 60.9 Å². The lowest BCUT2D eigenvalue weighted by molar-refractivity contribution is 0.628. The number of benzene rings is 2. The first-order chi connectivity index (χ1) is 13.5. The highest BCUT2D eigenvalue weighted by molar-refractivity contribution is 6.11. The average molecular weight is 370 g/mol. The van der Waals surface area contributed by atoms with Crippen LogP contribution in [0.4, 0.5) is 10.1 Å². The molecule has 0 aliphatic carbocycles. The Balaban J connectivity index is 0.000000211. The topological polar surface area (TPSA) is 25.2 Å². The van der Waals surface area contributed by atoms with Gasteiger partial charge in [0.2, 0.25) is 0 Å². The van der Waals surface area contributed by atoms with Crippen molar-refractivity contribution < 1.29 is 4.39 Å². The fourth-order valence-corrected chi connectivity index (χ4v) is 3.22. The summed E-state index contributed by atoms with van der Waals surface area (Å²) in [4.78, 5) is 9.15. The average Bonchev–Trinajstić information content (AvgIpc) is 2.69. The smallest absolute Gasteiger partial charge is 0.123 e. The van der Waals surface area contributed by atoms with E-state index in [2.05, 4.69) is 43.3 Å². The molecular formula is C25H23FN2. The van der Waals surface area contributed by atoms with Crippen LogP contribution < -0.4 is 0 Å². The van der Waals surface area contributed by atoms with Crippen LogP contribution in [0.25, 0.3) is 11.6 Å². The van der Waals surface area contributed by atoms with Gasteiger partial charge in [0.05, 0.1) is 11.4 Å². The summed E-state index contributed by atoms with van der Waals surface area (Å²) in [6, 6.07) is 16.4. The standard InChI is InChI=1S/C17H16N2.C8H7F/c1-11-6-4-8-15-17(11)12(2)10-16(19-15)14-7-5-9-18-13(14)3;1-2-7-3-5-8(9)6-4-7/h4-9H,2,10H2,1,3H3;2-6H,1H2. The fraction of sp³-hybridized carbons (Fsp3) is 0.120. The molecule has 4 rings (SSSR count). The van der Waals surface area contributed by atoms with Gasteiger partial charge < -0.3 is 0 Å². The lowest BCUT2D eigenvalue weighted by Crippen LogP contribution is -2.09. The van der Waals surface area contributed by atoms with Crippen LogP contribution in [-0.4, -0.2) is 10.7 Å². The molecule has 2 nitrogen and oxygen atoms in total. The first-order valence-electron chi connectivity index (χ1n) is 9.15. The van der Waals surface area contributed by atoms with Crippen LogP contribution in [0.5, 0.6) is 0 Å². The van der Waals surface area contributed by atoms with Crippen LogP contribution in [0.3, 0.4) is 0 Å². The minimum Gasteiger partial charge on any atom is -0.261 e. The lowest BCUT2D eigenvalue weighted by Gasteiger charge is -2.20. The van der Waals surface area contributed by atoms with Crippen molar-refractivity contribution in [3.8, 4) is 0 Å². The zero-order valence-electron chi connectivity index (χ0n) is 16.2. The number of allylic oxidation sites excluding steroid dienone is 1. The Morgan fingerprint density at radius 1 is 1.00 bits per heavy atom.